The number of fused-ring (bicyclic) bond motifs is 1. The Balaban J connectivity index is 2.00. The van der Waals surface area contributed by atoms with Gasteiger partial charge in [0.25, 0.3) is 5.56 Å². The third kappa shape index (κ3) is 3.42. The number of allylic oxidation sites excluding steroid dienone is 2. The monoisotopic (exact) mass is 413 g/mol. The number of carbonyl (C=O) groups is 1. The van der Waals surface area contributed by atoms with Gasteiger partial charge < -0.3 is 19.8 Å². The zero-order valence-corrected chi connectivity index (χ0v) is 17.4. The molecule has 1 aromatic carbocycles. The second-order valence-electron chi connectivity index (χ2n) is 6.90. The first-order valence-electron chi connectivity index (χ1n) is 9.59. The molecule has 1 atom stereocenters. The van der Waals surface area contributed by atoms with Crippen LogP contribution in [0.3, 0.4) is 0 Å². The molecule has 0 bridgehead atoms. The lowest BCUT2D eigenvalue weighted by molar-refractivity contribution is -0.116. The van der Waals surface area contributed by atoms with E-state index in [4.69, 9.17) is 9.47 Å². The molecule has 4 rings (SSSR count). The van der Waals surface area contributed by atoms with E-state index in [2.05, 4.69) is 15.3 Å². The van der Waals surface area contributed by atoms with E-state index >= 15 is 0 Å². The zero-order chi connectivity index (χ0) is 20.5. The predicted molar refractivity (Wildman–Crippen MR) is 112 cm³/mol. The first kappa shape index (κ1) is 19.6. The number of Topliss-reactive ketones (excluding diaryl/α,β-unsaturated/α-hetero) is 1. The lowest BCUT2D eigenvalue weighted by Gasteiger charge is -2.33. The van der Waals surface area contributed by atoms with Gasteiger partial charge in [-0.15, -0.1) is 0 Å². The number of ketones is 1. The molecule has 2 aromatic rings. The maximum absolute atomic E-state index is 13.1. The number of rotatable bonds is 5. The molecular weight excluding hydrogens is 390 g/mol. The summed E-state index contributed by atoms with van der Waals surface area (Å²) in [7, 11) is 3.16. The molecule has 0 radical (unpaired) electrons. The highest BCUT2D eigenvalue weighted by Crippen LogP contribution is 2.46. The van der Waals surface area contributed by atoms with Gasteiger partial charge in [0.1, 0.15) is 17.3 Å². The highest BCUT2D eigenvalue weighted by Gasteiger charge is 2.39. The number of hydrogen-bond donors (Lipinski definition) is 2. The Hall–Kier alpha value is -2.74. The Morgan fingerprint density at radius 1 is 1.21 bits per heavy atom. The van der Waals surface area contributed by atoms with Gasteiger partial charge in [-0.3, -0.25) is 9.59 Å². The molecule has 1 aliphatic carbocycles. The first-order chi connectivity index (χ1) is 14.1. The van der Waals surface area contributed by atoms with Crippen LogP contribution < -0.4 is 20.3 Å². The minimum Gasteiger partial charge on any atom is -0.497 e. The first-order valence-corrected chi connectivity index (χ1v) is 10.6. The minimum absolute atomic E-state index is 0.0469. The van der Waals surface area contributed by atoms with Crippen molar-refractivity contribution in [3.8, 4) is 11.5 Å². The fraction of sp³-hybridized carbons (Fsp3) is 0.381. The summed E-state index contributed by atoms with van der Waals surface area (Å²) < 4.78 is 11.0. The third-order valence-corrected chi connectivity index (χ3v) is 6.02. The van der Waals surface area contributed by atoms with Crippen LogP contribution in [0.1, 0.15) is 43.2 Å². The van der Waals surface area contributed by atoms with Crippen LogP contribution in [0.4, 0.5) is 5.82 Å². The van der Waals surface area contributed by atoms with Crippen molar-refractivity contribution < 1.29 is 14.3 Å². The number of nitrogens with zero attached hydrogens (tertiary/aromatic N) is 1. The number of ether oxygens (including phenoxy) is 2. The summed E-state index contributed by atoms with van der Waals surface area (Å²) >= 11 is 1.47. The van der Waals surface area contributed by atoms with E-state index in [0.29, 0.717) is 40.0 Å². The van der Waals surface area contributed by atoms with Gasteiger partial charge in [0.05, 0.1) is 25.7 Å². The molecule has 0 fully saturated rings. The van der Waals surface area contributed by atoms with Crippen LogP contribution in [-0.2, 0) is 4.79 Å². The van der Waals surface area contributed by atoms with Crippen LogP contribution in [0, 0.1) is 0 Å². The van der Waals surface area contributed by atoms with E-state index in [9.17, 15) is 9.59 Å². The highest BCUT2D eigenvalue weighted by atomic mass is 32.2. The summed E-state index contributed by atoms with van der Waals surface area (Å²) in [6.45, 7) is 2.00. The van der Waals surface area contributed by atoms with Gasteiger partial charge in [0, 0.05) is 23.3 Å². The number of benzene rings is 1. The molecule has 29 heavy (non-hydrogen) atoms. The van der Waals surface area contributed by atoms with Crippen molar-refractivity contribution in [1.82, 2.24) is 9.97 Å². The number of aromatic amines is 1. The Bertz CT molecular complexity index is 1060. The Labute approximate surface area is 172 Å². The van der Waals surface area contributed by atoms with Crippen molar-refractivity contribution in [3.63, 3.8) is 0 Å². The van der Waals surface area contributed by atoms with Gasteiger partial charge >= 0.3 is 0 Å². The van der Waals surface area contributed by atoms with Crippen LogP contribution in [0.5, 0.6) is 11.5 Å². The van der Waals surface area contributed by atoms with Crippen LogP contribution >= 0.6 is 11.8 Å². The van der Waals surface area contributed by atoms with E-state index in [-0.39, 0.29) is 11.3 Å². The second-order valence-corrected chi connectivity index (χ2v) is 8.15. The standard InChI is InChI=1S/C21H23N3O4S/c1-4-29-21-23-19-18(20(26)24-21)16(17-13(22-19)6-5-7-14(17)25)12-10-11(27-2)8-9-15(12)28-3/h8-10,16H,4-7H2,1-3H3,(H2,22,23,24,26)/t16-/m0/s1. The molecule has 0 amide bonds. The van der Waals surface area contributed by atoms with Gasteiger partial charge in [0.15, 0.2) is 10.9 Å². The molecule has 1 aliphatic heterocycles. The van der Waals surface area contributed by atoms with Crippen molar-refractivity contribution in [2.24, 2.45) is 0 Å². The molecule has 8 heteroatoms. The summed E-state index contributed by atoms with van der Waals surface area (Å²) in [6.07, 6.45) is 1.99. The number of nitrogens with one attached hydrogen (secondary N) is 2. The van der Waals surface area contributed by atoms with Crippen LogP contribution in [0.15, 0.2) is 39.4 Å². The number of thioether (sulfide) groups is 1. The van der Waals surface area contributed by atoms with E-state index in [1.54, 1.807) is 26.4 Å². The number of methoxy groups -OCH3 is 2. The zero-order valence-electron chi connectivity index (χ0n) is 16.6. The summed E-state index contributed by atoms with van der Waals surface area (Å²) in [5.41, 5.74) is 2.37. The topological polar surface area (TPSA) is 93.3 Å². The van der Waals surface area contributed by atoms with Crippen LogP contribution in [0.25, 0.3) is 0 Å². The van der Waals surface area contributed by atoms with Crippen molar-refractivity contribution >= 4 is 23.4 Å². The normalized spacial score (nSPS) is 18.0. The smallest absolute Gasteiger partial charge is 0.257 e. The van der Waals surface area contributed by atoms with E-state index < -0.39 is 5.92 Å². The minimum atomic E-state index is -0.559. The summed E-state index contributed by atoms with van der Waals surface area (Å²) in [5, 5.41) is 3.84. The van der Waals surface area contributed by atoms with E-state index in [1.807, 2.05) is 13.0 Å². The van der Waals surface area contributed by atoms with E-state index in [0.717, 1.165) is 29.9 Å². The van der Waals surface area contributed by atoms with Crippen molar-refractivity contribution in [3.05, 3.63) is 50.9 Å². The number of hydrogen-bond acceptors (Lipinski definition) is 7. The molecule has 0 unspecified atom stereocenters. The Morgan fingerprint density at radius 2 is 2.03 bits per heavy atom. The van der Waals surface area contributed by atoms with Gasteiger partial charge in [-0.25, -0.2) is 4.98 Å². The van der Waals surface area contributed by atoms with E-state index in [1.165, 1.54) is 11.8 Å². The lowest BCUT2D eigenvalue weighted by Crippen LogP contribution is -2.33. The third-order valence-electron chi connectivity index (χ3n) is 5.27. The Morgan fingerprint density at radius 3 is 2.76 bits per heavy atom. The maximum Gasteiger partial charge on any atom is 0.257 e. The molecule has 0 saturated heterocycles. The molecule has 2 heterocycles. The maximum atomic E-state index is 13.1. The molecule has 152 valence electrons. The highest BCUT2D eigenvalue weighted by molar-refractivity contribution is 7.99. The van der Waals surface area contributed by atoms with Gasteiger partial charge in [0.2, 0.25) is 0 Å². The number of H-pyrrole nitrogens is 1. The fourth-order valence-corrected chi connectivity index (χ4v) is 4.62. The SMILES string of the molecule is CCSc1nc2c(c(=O)[nH]1)[C@@H](c1cc(OC)ccc1OC)C1=C(CCCC1=O)N2. The predicted octanol–water partition coefficient (Wildman–Crippen LogP) is 3.46. The molecule has 2 N–H and O–H groups in total. The average Bonchev–Trinajstić information content (AvgIpc) is 2.72. The van der Waals surface area contributed by atoms with Crippen molar-refractivity contribution in [2.75, 3.05) is 25.3 Å². The van der Waals surface area contributed by atoms with Crippen LogP contribution in [-0.4, -0.2) is 35.7 Å². The molecule has 0 saturated carbocycles. The average molecular weight is 413 g/mol. The number of carbonyl (C=O) groups excluding carboxylic acids is 1. The Kier molecular flexibility index (Phi) is 5.36. The van der Waals surface area contributed by atoms with Crippen molar-refractivity contribution in [1.29, 1.82) is 0 Å². The number of anilines is 1. The van der Waals surface area contributed by atoms with Crippen LogP contribution in [0.2, 0.25) is 0 Å². The molecular formula is C21H23N3O4S. The summed E-state index contributed by atoms with van der Waals surface area (Å²) in [4.78, 5) is 33.6. The number of aromatic nitrogens is 2. The fourth-order valence-electron chi connectivity index (χ4n) is 4.02. The molecule has 0 spiro atoms. The quantitative estimate of drug-likeness (QED) is 0.573. The molecule has 1 aromatic heterocycles. The van der Waals surface area contributed by atoms with Gasteiger partial charge in [-0.1, -0.05) is 18.7 Å². The molecule has 2 aliphatic rings. The molecule has 7 nitrogen and oxygen atoms in total. The summed E-state index contributed by atoms with van der Waals surface area (Å²) in [5.74, 6) is 2.02. The largest absolute Gasteiger partial charge is 0.497 e. The lowest BCUT2D eigenvalue weighted by atomic mass is 9.76. The summed E-state index contributed by atoms with van der Waals surface area (Å²) in [6, 6.07) is 5.43. The van der Waals surface area contributed by atoms with Crippen molar-refractivity contribution in [2.45, 2.75) is 37.3 Å². The van der Waals surface area contributed by atoms with Gasteiger partial charge in [-0.05, 0) is 36.8 Å². The van der Waals surface area contributed by atoms with Gasteiger partial charge in [-0.2, -0.15) is 0 Å². The second kappa shape index (κ2) is 7.94.